The third-order valence-corrected chi connectivity index (χ3v) is 6.54. The molecule has 10 heteroatoms. The molecule has 1 amide bonds. The van der Waals surface area contributed by atoms with E-state index in [-0.39, 0.29) is 17.7 Å². The summed E-state index contributed by atoms with van der Waals surface area (Å²) in [5.74, 6) is -8.19. The molecule has 0 unspecified atom stereocenters. The number of carbonyl (C=O) groups excluding carboxylic acids is 3. The number of likely N-dealkylation sites (N-methyl/N-ethyl adjacent to an activating group) is 1. The van der Waals surface area contributed by atoms with E-state index in [2.05, 4.69) is 0 Å². The van der Waals surface area contributed by atoms with E-state index >= 15 is 0 Å². The molecular formula is C21H22N2O8. The Morgan fingerprint density at radius 2 is 1.84 bits per heavy atom. The molecule has 0 aromatic heterocycles. The van der Waals surface area contributed by atoms with Crippen molar-refractivity contribution in [3.8, 4) is 5.75 Å². The predicted molar refractivity (Wildman–Crippen MR) is 105 cm³/mol. The molecule has 0 aliphatic heterocycles. The molecule has 31 heavy (non-hydrogen) atoms. The van der Waals surface area contributed by atoms with Crippen molar-refractivity contribution in [2.75, 3.05) is 14.1 Å². The molecule has 0 heterocycles. The quantitative estimate of drug-likeness (QED) is 0.324. The molecule has 10 nitrogen and oxygen atoms in total. The molecule has 1 aromatic rings. The van der Waals surface area contributed by atoms with Crippen molar-refractivity contribution in [1.29, 1.82) is 0 Å². The number of hydrogen-bond acceptors (Lipinski definition) is 9. The van der Waals surface area contributed by atoms with Gasteiger partial charge in [0.05, 0.1) is 23.6 Å². The van der Waals surface area contributed by atoms with Crippen LogP contribution in [0.2, 0.25) is 0 Å². The minimum absolute atomic E-state index is 0.0319. The molecule has 0 saturated carbocycles. The molecule has 164 valence electrons. The van der Waals surface area contributed by atoms with Gasteiger partial charge < -0.3 is 31.3 Å². The van der Waals surface area contributed by atoms with Gasteiger partial charge in [-0.2, -0.15) is 0 Å². The van der Waals surface area contributed by atoms with Crippen molar-refractivity contribution in [2.24, 2.45) is 17.6 Å². The number of aliphatic hydroxyl groups excluding tert-OH is 3. The van der Waals surface area contributed by atoms with Crippen LogP contribution in [0.3, 0.4) is 0 Å². The van der Waals surface area contributed by atoms with Crippen LogP contribution < -0.4 is 5.73 Å². The summed E-state index contributed by atoms with van der Waals surface area (Å²) in [4.78, 5) is 39.5. The number of benzene rings is 1. The van der Waals surface area contributed by atoms with Crippen molar-refractivity contribution in [2.45, 2.75) is 24.2 Å². The Balaban J connectivity index is 2.02. The second-order valence-electron chi connectivity index (χ2n) is 8.36. The van der Waals surface area contributed by atoms with Gasteiger partial charge in [0.1, 0.15) is 22.8 Å². The lowest BCUT2D eigenvalue weighted by atomic mass is 9.57. The van der Waals surface area contributed by atoms with E-state index in [1.807, 2.05) is 0 Å². The summed E-state index contributed by atoms with van der Waals surface area (Å²) < 4.78 is 0. The number of nitrogens with two attached hydrogens (primary N) is 1. The molecule has 4 rings (SSSR count). The van der Waals surface area contributed by atoms with Crippen molar-refractivity contribution >= 4 is 17.5 Å². The number of carbonyl (C=O) groups is 3. The van der Waals surface area contributed by atoms with E-state index in [0.29, 0.717) is 5.56 Å². The van der Waals surface area contributed by atoms with Crippen LogP contribution in [0.4, 0.5) is 0 Å². The van der Waals surface area contributed by atoms with Gasteiger partial charge in [-0.3, -0.25) is 19.3 Å². The van der Waals surface area contributed by atoms with Crippen molar-refractivity contribution in [3.05, 3.63) is 52.0 Å². The van der Waals surface area contributed by atoms with Gasteiger partial charge in [-0.25, -0.2) is 0 Å². The first-order chi connectivity index (χ1) is 14.4. The number of hydrogen-bond donors (Lipinski definition) is 6. The maximum absolute atomic E-state index is 13.2. The fourth-order valence-corrected chi connectivity index (χ4v) is 5.20. The maximum atomic E-state index is 13.2. The van der Waals surface area contributed by atoms with Crippen LogP contribution in [0.5, 0.6) is 5.75 Å². The van der Waals surface area contributed by atoms with Gasteiger partial charge in [-0.05, 0) is 32.1 Å². The molecule has 0 fully saturated rings. The zero-order chi connectivity index (χ0) is 23.0. The zero-order valence-electron chi connectivity index (χ0n) is 16.7. The summed E-state index contributed by atoms with van der Waals surface area (Å²) in [6.45, 7) is 0. The number of aromatic hydroxyl groups is 1. The summed E-state index contributed by atoms with van der Waals surface area (Å²) in [6.07, 6.45) is -1.53. The van der Waals surface area contributed by atoms with Crippen LogP contribution in [0, 0.1) is 11.8 Å². The minimum Gasteiger partial charge on any atom is -0.510 e. The largest absolute Gasteiger partial charge is 0.510 e. The lowest BCUT2D eigenvalue weighted by Crippen LogP contribution is -2.68. The number of aliphatic hydroxyl groups is 4. The van der Waals surface area contributed by atoms with Gasteiger partial charge in [0, 0.05) is 11.5 Å². The number of primary amides is 1. The normalized spacial score (nSPS) is 32.7. The first-order valence-corrected chi connectivity index (χ1v) is 9.58. The number of phenols is 1. The average molecular weight is 430 g/mol. The number of Topliss-reactive ketones (excluding diaryl/α,β-unsaturated/α-hetero) is 2. The van der Waals surface area contributed by atoms with Gasteiger partial charge in [-0.1, -0.05) is 12.1 Å². The van der Waals surface area contributed by atoms with E-state index in [0.717, 1.165) is 0 Å². The Hall–Kier alpha value is -3.21. The van der Waals surface area contributed by atoms with Gasteiger partial charge >= 0.3 is 0 Å². The Morgan fingerprint density at radius 1 is 1.19 bits per heavy atom. The van der Waals surface area contributed by atoms with Gasteiger partial charge in [-0.15, -0.1) is 0 Å². The highest BCUT2D eigenvalue weighted by atomic mass is 16.4. The van der Waals surface area contributed by atoms with Crippen LogP contribution in [0.1, 0.15) is 15.9 Å². The van der Waals surface area contributed by atoms with Crippen LogP contribution in [0.15, 0.2) is 40.9 Å². The molecule has 0 saturated heterocycles. The lowest BCUT2D eigenvalue weighted by molar-refractivity contribution is -0.161. The number of nitrogens with zero attached hydrogens (tertiary/aromatic N) is 1. The maximum Gasteiger partial charge on any atom is 0.255 e. The number of ketones is 2. The first kappa shape index (κ1) is 21.0. The predicted octanol–water partition coefficient (Wildman–Crippen LogP) is -0.909. The molecule has 3 aliphatic rings. The van der Waals surface area contributed by atoms with Gasteiger partial charge in [0.25, 0.3) is 5.91 Å². The van der Waals surface area contributed by atoms with Crippen molar-refractivity contribution < 1.29 is 39.9 Å². The summed E-state index contributed by atoms with van der Waals surface area (Å²) >= 11 is 0. The highest BCUT2D eigenvalue weighted by molar-refractivity contribution is 6.24. The van der Waals surface area contributed by atoms with Crippen LogP contribution in [-0.4, -0.2) is 79.7 Å². The van der Waals surface area contributed by atoms with E-state index < -0.39 is 69.7 Å². The molecule has 0 radical (unpaired) electrons. The molecule has 3 aliphatic carbocycles. The monoisotopic (exact) mass is 430 g/mol. The fraction of sp³-hybridized carbons (Fsp3) is 0.381. The Labute approximate surface area is 176 Å². The minimum atomic E-state index is -2.88. The van der Waals surface area contributed by atoms with Gasteiger partial charge in [0.15, 0.2) is 11.4 Å². The highest BCUT2D eigenvalue weighted by Crippen LogP contribution is 2.52. The van der Waals surface area contributed by atoms with E-state index in [1.165, 1.54) is 31.1 Å². The Bertz CT molecular complexity index is 1100. The standard InChI is InChI=1S/C21H22N2O8/c1-23(2)14-13-15(25)8-6-7-4-3-5-9(24)10(7)16(26)11(8)18(28)21(13,31)19(29)12(17(14)27)20(22)30/h3-5,8,13-15,24-25,27-28,31H,6H2,1-2H3,(H2,22,30)/t8-,13-,14+,15-,21+/m1/s1. The second kappa shape index (κ2) is 6.64. The smallest absolute Gasteiger partial charge is 0.255 e. The van der Waals surface area contributed by atoms with E-state index in [9.17, 15) is 39.9 Å². The number of rotatable bonds is 2. The SMILES string of the molecule is CN(C)[C@@H]1C(O)=C(C(N)=O)C(=O)[C@@]2(O)C(O)=C3C(=O)c4c(O)cccc4C[C@H]3[C@@H](O)[C@@H]12. The molecule has 1 aromatic carbocycles. The van der Waals surface area contributed by atoms with Crippen molar-refractivity contribution in [1.82, 2.24) is 4.90 Å². The molecule has 0 spiro atoms. The highest BCUT2D eigenvalue weighted by Gasteiger charge is 2.66. The fourth-order valence-electron chi connectivity index (χ4n) is 5.20. The molecule has 5 atom stereocenters. The summed E-state index contributed by atoms with van der Waals surface area (Å²) in [5.41, 5.74) is 1.36. The summed E-state index contributed by atoms with van der Waals surface area (Å²) in [7, 11) is 2.97. The Kier molecular flexibility index (Phi) is 4.51. The average Bonchev–Trinajstić information content (AvgIpc) is 2.67. The molecule has 0 bridgehead atoms. The summed E-state index contributed by atoms with van der Waals surface area (Å²) in [5, 5.41) is 54.5. The third kappa shape index (κ3) is 2.52. The van der Waals surface area contributed by atoms with E-state index in [4.69, 9.17) is 5.73 Å². The molecule has 7 N–H and O–H groups in total. The van der Waals surface area contributed by atoms with Crippen LogP contribution in [-0.2, 0) is 16.0 Å². The van der Waals surface area contributed by atoms with Crippen LogP contribution >= 0.6 is 0 Å². The van der Waals surface area contributed by atoms with Crippen molar-refractivity contribution in [3.63, 3.8) is 0 Å². The van der Waals surface area contributed by atoms with E-state index in [1.54, 1.807) is 6.07 Å². The van der Waals surface area contributed by atoms with Crippen LogP contribution in [0.25, 0.3) is 0 Å². The Morgan fingerprint density at radius 3 is 2.42 bits per heavy atom. The zero-order valence-corrected chi connectivity index (χ0v) is 16.7. The lowest BCUT2D eigenvalue weighted by Gasteiger charge is -2.52. The summed E-state index contributed by atoms with van der Waals surface area (Å²) in [6, 6.07) is 3.14. The third-order valence-electron chi connectivity index (χ3n) is 6.54. The van der Waals surface area contributed by atoms with Gasteiger partial charge in [0.2, 0.25) is 5.78 Å². The number of amides is 1. The first-order valence-electron chi connectivity index (χ1n) is 9.58. The number of phenolic OH excluding ortho intramolecular Hbond substituents is 1. The molecular weight excluding hydrogens is 408 g/mol. The second-order valence-corrected chi connectivity index (χ2v) is 8.36. The topological polar surface area (TPSA) is 182 Å². The number of fused-ring (bicyclic) bond motifs is 3.